The van der Waals surface area contributed by atoms with Crippen LogP contribution in [0.4, 0.5) is 0 Å². The molecule has 1 aromatic heterocycles. The summed E-state index contributed by atoms with van der Waals surface area (Å²) < 4.78 is 0. The molecule has 0 bridgehead atoms. The second-order valence-electron chi connectivity index (χ2n) is 10.2. The third kappa shape index (κ3) is 1.75. The van der Waals surface area contributed by atoms with E-state index in [-0.39, 0.29) is 5.41 Å². The minimum absolute atomic E-state index is 0.146. The Morgan fingerprint density at radius 3 is 2.71 bits per heavy atom. The number of H-pyrrole nitrogens is 1. The predicted octanol–water partition coefficient (Wildman–Crippen LogP) is 4.12. The second kappa shape index (κ2) is 4.66. The van der Waals surface area contributed by atoms with Gasteiger partial charge in [0.25, 0.3) is 0 Å². The summed E-state index contributed by atoms with van der Waals surface area (Å²) in [5, 5.41) is 18.6. The molecule has 3 fully saturated rings. The molecule has 7 atom stereocenters. The van der Waals surface area contributed by atoms with Crippen molar-refractivity contribution in [2.45, 2.75) is 77.7 Å². The molecule has 4 aliphatic carbocycles. The average Bonchev–Trinajstić information content (AvgIpc) is 3.06. The summed E-state index contributed by atoms with van der Waals surface area (Å²) >= 11 is 0. The van der Waals surface area contributed by atoms with Crippen LogP contribution in [-0.2, 0) is 12.8 Å². The van der Waals surface area contributed by atoms with Gasteiger partial charge < -0.3 is 5.11 Å². The molecule has 0 aromatic carbocycles. The first-order valence-electron chi connectivity index (χ1n) is 10.1. The first-order valence-corrected chi connectivity index (χ1v) is 10.1. The van der Waals surface area contributed by atoms with Gasteiger partial charge in [-0.15, -0.1) is 0 Å². The fourth-order valence-electron chi connectivity index (χ4n) is 7.71. The molecular weight excluding hydrogens is 296 g/mol. The Morgan fingerprint density at radius 2 is 1.88 bits per heavy atom. The van der Waals surface area contributed by atoms with Crippen LogP contribution >= 0.6 is 0 Å². The SMILES string of the molecule is C[C@]12Cc3cn[nH]c3C[C@@H]1CC[C@@H]1[C@@H]2CC[C@@]2(C)[C@H]1CC[C@@]2(C)O. The molecule has 2 N–H and O–H groups in total. The highest BCUT2D eigenvalue weighted by molar-refractivity contribution is 5.26. The topological polar surface area (TPSA) is 48.9 Å². The Kier molecular flexibility index (Phi) is 3.00. The van der Waals surface area contributed by atoms with Gasteiger partial charge in [0, 0.05) is 5.69 Å². The van der Waals surface area contributed by atoms with Gasteiger partial charge in [0.2, 0.25) is 0 Å². The van der Waals surface area contributed by atoms with Gasteiger partial charge in [0.15, 0.2) is 0 Å². The van der Waals surface area contributed by atoms with Crippen LogP contribution in [0.3, 0.4) is 0 Å². The zero-order valence-corrected chi connectivity index (χ0v) is 15.4. The van der Waals surface area contributed by atoms with Crippen LogP contribution in [0.25, 0.3) is 0 Å². The number of nitrogens with one attached hydrogen (secondary N) is 1. The molecule has 1 heterocycles. The lowest BCUT2D eigenvalue weighted by Crippen LogP contribution is -2.56. The van der Waals surface area contributed by atoms with Crippen molar-refractivity contribution >= 4 is 0 Å². The van der Waals surface area contributed by atoms with Crippen molar-refractivity contribution in [3.8, 4) is 0 Å². The van der Waals surface area contributed by atoms with Crippen LogP contribution in [0, 0.1) is 34.5 Å². The number of rotatable bonds is 0. The van der Waals surface area contributed by atoms with E-state index in [2.05, 4.69) is 37.2 Å². The van der Waals surface area contributed by atoms with Gasteiger partial charge in [0.05, 0.1) is 11.8 Å². The van der Waals surface area contributed by atoms with Crippen molar-refractivity contribution in [2.75, 3.05) is 0 Å². The maximum absolute atomic E-state index is 11.0. The Labute approximate surface area is 145 Å². The van der Waals surface area contributed by atoms with Crippen molar-refractivity contribution in [1.29, 1.82) is 0 Å². The van der Waals surface area contributed by atoms with Gasteiger partial charge in [-0.05, 0) is 98.4 Å². The Morgan fingerprint density at radius 1 is 1.08 bits per heavy atom. The van der Waals surface area contributed by atoms with Crippen LogP contribution < -0.4 is 0 Å². The number of nitrogens with zero attached hydrogens (tertiary/aromatic N) is 1. The summed E-state index contributed by atoms with van der Waals surface area (Å²) in [7, 11) is 0. The smallest absolute Gasteiger partial charge is 0.0675 e. The number of aromatic amines is 1. The molecule has 0 radical (unpaired) electrons. The number of aliphatic hydroxyl groups is 1. The van der Waals surface area contributed by atoms with Gasteiger partial charge in [-0.3, -0.25) is 5.10 Å². The molecule has 3 saturated carbocycles. The van der Waals surface area contributed by atoms with Crippen molar-refractivity contribution in [3.63, 3.8) is 0 Å². The third-order valence-electron chi connectivity index (χ3n) is 9.46. The third-order valence-corrected chi connectivity index (χ3v) is 9.46. The molecule has 4 aliphatic rings. The summed E-state index contributed by atoms with van der Waals surface area (Å²) in [6.07, 6.45) is 12.0. The Balaban J connectivity index is 1.50. The molecule has 0 unspecified atom stereocenters. The van der Waals surface area contributed by atoms with E-state index in [1.54, 1.807) is 0 Å². The van der Waals surface area contributed by atoms with Gasteiger partial charge in [0.1, 0.15) is 0 Å². The van der Waals surface area contributed by atoms with Crippen LogP contribution in [0.2, 0.25) is 0 Å². The standard InChI is InChI=1S/C21H32N2O/c1-19-11-13-12-22-23-18(13)10-14(19)4-5-15-16(19)6-8-20(2)17(15)7-9-21(20,3)24/h12,14-17,24H,4-11H2,1-3H3,(H,22,23)/t14-,15+,16-,17-,19-,20-,21+/m0/s1. The molecule has 0 amide bonds. The maximum Gasteiger partial charge on any atom is 0.0675 e. The lowest BCUT2D eigenvalue weighted by atomic mass is 9.44. The lowest BCUT2D eigenvalue weighted by Gasteiger charge is -2.60. The van der Waals surface area contributed by atoms with Crippen molar-refractivity contribution in [1.82, 2.24) is 10.2 Å². The van der Waals surface area contributed by atoms with E-state index in [4.69, 9.17) is 0 Å². The Hall–Kier alpha value is -0.830. The highest BCUT2D eigenvalue weighted by Crippen LogP contribution is 2.67. The summed E-state index contributed by atoms with van der Waals surface area (Å²) in [4.78, 5) is 0. The van der Waals surface area contributed by atoms with Gasteiger partial charge in [-0.25, -0.2) is 0 Å². The molecule has 24 heavy (non-hydrogen) atoms. The van der Waals surface area contributed by atoms with Gasteiger partial charge in [-0.2, -0.15) is 5.10 Å². The van der Waals surface area contributed by atoms with Crippen molar-refractivity contribution in [2.24, 2.45) is 34.5 Å². The summed E-state index contributed by atoms with van der Waals surface area (Å²) in [6, 6.07) is 0. The quantitative estimate of drug-likeness (QED) is 0.752. The van der Waals surface area contributed by atoms with Crippen LogP contribution in [0.1, 0.15) is 70.6 Å². The molecule has 0 saturated heterocycles. The predicted molar refractivity (Wildman–Crippen MR) is 94.5 cm³/mol. The minimum Gasteiger partial charge on any atom is -0.390 e. The molecule has 0 aliphatic heterocycles. The second-order valence-corrected chi connectivity index (χ2v) is 10.2. The molecule has 1 aromatic rings. The number of fused-ring (bicyclic) bond motifs is 6. The normalized spacial score (nSPS) is 53.0. The Bertz CT molecular complexity index is 665. The molecular formula is C21H32N2O. The van der Waals surface area contributed by atoms with E-state index in [9.17, 15) is 5.11 Å². The number of aromatic nitrogens is 2. The van der Waals surface area contributed by atoms with Crippen molar-refractivity contribution in [3.05, 3.63) is 17.5 Å². The minimum atomic E-state index is -0.454. The van der Waals surface area contributed by atoms with E-state index in [0.717, 1.165) is 30.1 Å². The fourth-order valence-corrected chi connectivity index (χ4v) is 7.71. The first-order chi connectivity index (χ1) is 11.4. The number of hydrogen-bond acceptors (Lipinski definition) is 2. The van der Waals surface area contributed by atoms with Crippen LogP contribution in [0.15, 0.2) is 6.20 Å². The molecule has 132 valence electrons. The molecule has 3 heteroatoms. The largest absolute Gasteiger partial charge is 0.390 e. The summed E-state index contributed by atoms with van der Waals surface area (Å²) in [6.45, 7) is 7.09. The number of hydrogen-bond donors (Lipinski definition) is 2. The fraction of sp³-hybridized carbons (Fsp3) is 0.857. The highest BCUT2D eigenvalue weighted by atomic mass is 16.3. The summed E-state index contributed by atoms with van der Waals surface area (Å²) in [5.41, 5.74) is 3.01. The van der Waals surface area contributed by atoms with E-state index in [0.29, 0.717) is 5.41 Å². The van der Waals surface area contributed by atoms with Gasteiger partial charge in [-0.1, -0.05) is 13.8 Å². The lowest BCUT2D eigenvalue weighted by molar-refractivity contribution is -0.139. The van der Waals surface area contributed by atoms with Crippen molar-refractivity contribution < 1.29 is 5.11 Å². The van der Waals surface area contributed by atoms with E-state index in [1.807, 2.05) is 0 Å². The summed E-state index contributed by atoms with van der Waals surface area (Å²) in [5.74, 6) is 3.21. The van der Waals surface area contributed by atoms with E-state index >= 15 is 0 Å². The monoisotopic (exact) mass is 328 g/mol. The van der Waals surface area contributed by atoms with Crippen LogP contribution in [-0.4, -0.2) is 20.9 Å². The maximum atomic E-state index is 11.0. The molecule has 0 spiro atoms. The van der Waals surface area contributed by atoms with E-state index in [1.165, 1.54) is 56.2 Å². The van der Waals surface area contributed by atoms with E-state index < -0.39 is 5.60 Å². The average molecular weight is 329 g/mol. The molecule has 5 rings (SSSR count). The highest BCUT2D eigenvalue weighted by Gasteiger charge is 2.63. The zero-order valence-electron chi connectivity index (χ0n) is 15.4. The zero-order chi connectivity index (χ0) is 16.7. The van der Waals surface area contributed by atoms with Gasteiger partial charge >= 0.3 is 0 Å². The van der Waals surface area contributed by atoms with Crippen LogP contribution in [0.5, 0.6) is 0 Å². The first kappa shape index (κ1) is 15.4. The molecule has 3 nitrogen and oxygen atoms in total.